The zero-order chi connectivity index (χ0) is 21.9. The summed E-state index contributed by atoms with van der Waals surface area (Å²) in [5.74, 6) is -0.158. The first-order chi connectivity index (χ1) is 14.2. The highest BCUT2D eigenvalue weighted by Gasteiger charge is 2.19. The molecule has 0 bridgehead atoms. The predicted molar refractivity (Wildman–Crippen MR) is 120 cm³/mol. The van der Waals surface area contributed by atoms with Gasteiger partial charge in [0.15, 0.2) is 0 Å². The van der Waals surface area contributed by atoms with Gasteiger partial charge in [-0.3, -0.25) is 9.52 Å². The highest BCUT2D eigenvalue weighted by molar-refractivity contribution is 7.92. The molecule has 0 spiro atoms. The van der Waals surface area contributed by atoms with Gasteiger partial charge < -0.3 is 10.1 Å². The number of nitrogens with one attached hydrogen (secondary N) is 2. The number of anilines is 2. The van der Waals surface area contributed by atoms with Crippen molar-refractivity contribution in [2.75, 3.05) is 17.1 Å². The molecule has 0 aromatic heterocycles. The highest BCUT2D eigenvalue weighted by Crippen LogP contribution is 2.31. The molecule has 0 fully saturated rings. The Labute approximate surface area is 188 Å². The van der Waals surface area contributed by atoms with Crippen LogP contribution in [0.25, 0.3) is 0 Å². The van der Waals surface area contributed by atoms with Gasteiger partial charge in [-0.2, -0.15) is 0 Å². The Morgan fingerprint density at radius 3 is 2.17 bits per heavy atom. The number of hydrogen-bond donors (Lipinski definition) is 2. The Morgan fingerprint density at radius 2 is 1.53 bits per heavy atom. The number of ether oxygens (including phenoxy) is 1. The van der Waals surface area contributed by atoms with E-state index in [1.807, 2.05) is 0 Å². The van der Waals surface area contributed by atoms with Gasteiger partial charge in [0.05, 0.1) is 28.4 Å². The van der Waals surface area contributed by atoms with E-state index in [1.165, 1.54) is 43.5 Å². The van der Waals surface area contributed by atoms with Crippen molar-refractivity contribution in [3.63, 3.8) is 0 Å². The third-order valence-corrected chi connectivity index (χ3v) is 6.17. The van der Waals surface area contributed by atoms with Gasteiger partial charge in [0, 0.05) is 15.6 Å². The molecule has 30 heavy (non-hydrogen) atoms. The van der Waals surface area contributed by atoms with Gasteiger partial charge >= 0.3 is 0 Å². The molecule has 0 heterocycles. The molecule has 3 aromatic carbocycles. The van der Waals surface area contributed by atoms with E-state index in [2.05, 4.69) is 10.0 Å². The average molecular weight is 486 g/mol. The van der Waals surface area contributed by atoms with E-state index in [0.29, 0.717) is 21.4 Å². The molecule has 156 valence electrons. The number of methoxy groups -OCH3 is 1. The van der Waals surface area contributed by atoms with Gasteiger partial charge in [-0.1, -0.05) is 34.8 Å². The molecule has 0 atom stereocenters. The second kappa shape index (κ2) is 9.14. The lowest BCUT2D eigenvalue weighted by molar-refractivity contribution is 0.102. The van der Waals surface area contributed by atoms with Crippen molar-refractivity contribution < 1.29 is 17.9 Å². The molecule has 10 heteroatoms. The molecule has 3 aromatic rings. The molecule has 6 nitrogen and oxygen atoms in total. The summed E-state index contributed by atoms with van der Waals surface area (Å²) in [7, 11) is -2.59. The normalized spacial score (nSPS) is 11.1. The Kier molecular flexibility index (Phi) is 6.77. The quantitative estimate of drug-likeness (QED) is 0.468. The van der Waals surface area contributed by atoms with Crippen molar-refractivity contribution >= 4 is 62.1 Å². The first kappa shape index (κ1) is 22.2. The Bertz CT molecular complexity index is 1200. The fraction of sp³-hybridized carbons (Fsp3) is 0.0500. The second-order valence-corrected chi connectivity index (χ2v) is 9.02. The van der Waals surface area contributed by atoms with Gasteiger partial charge in [-0.05, 0) is 60.7 Å². The van der Waals surface area contributed by atoms with E-state index >= 15 is 0 Å². The number of benzene rings is 3. The molecule has 0 unspecified atom stereocenters. The van der Waals surface area contributed by atoms with Crippen LogP contribution in [0.3, 0.4) is 0 Å². The van der Waals surface area contributed by atoms with Crippen LogP contribution in [0.1, 0.15) is 10.4 Å². The van der Waals surface area contributed by atoms with Gasteiger partial charge in [0.25, 0.3) is 15.9 Å². The van der Waals surface area contributed by atoms with Crippen molar-refractivity contribution in [2.45, 2.75) is 4.90 Å². The number of sulfonamides is 1. The molecular weight excluding hydrogens is 471 g/mol. The van der Waals surface area contributed by atoms with E-state index < -0.39 is 15.9 Å². The lowest BCUT2D eigenvalue weighted by Gasteiger charge is -2.14. The largest absolute Gasteiger partial charge is 0.495 e. The highest BCUT2D eigenvalue weighted by atomic mass is 35.5. The minimum absolute atomic E-state index is 0.0966. The Balaban J connectivity index is 1.91. The Morgan fingerprint density at radius 1 is 0.867 bits per heavy atom. The summed E-state index contributed by atoms with van der Waals surface area (Å²) in [6, 6.07) is 14.7. The molecule has 0 aliphatic heterocycles. The van der Waals surface area contributed by atoms with Crippen LogP contribution in [0, 0.1) is 0 Å². The SMILES string of the molecule is COc1ccc(S(=O)(=O)Nc2ccc(Cl)cc2Cl)cc1NC(=O)c1ccc(Cl)cc1. The molecule has 0 aliphatic carbocycles. The van der Waals surface area contributed by atoms with E-state index in [-0.39, 0.29) is 21.3 Å². The van der Waals surface area contributed by atoms with Gasteiger partial charge in [0.2, 0.25) is 0 Å². The second-order valence-electron chi connectivity index (χ2n) is 6.05. The van der Waals surface area contributed by atoms with Crippen LogP contribution in [-0.2, 0) is 10.0 Å². The number of carbonyl (C=O) groups is 1. The van der Waals surface area contributed by atoms with Crippen LogP contribution in [0.4, 0.5) is 11.4 Å². The fourth-order valence-corrected chi connectivity index (χ4v) is 4.27. The van der Waals surface area contributed by atoms with Gasteiger partial charge in [-0.15, -0.1) is 0 Å². The van der Waals surface area contributed by atoms with E-state index in [0.717, 1.165) is 0 Å². The molecule has 0 radical (unpaired) electrons. The third-order valence-electron chi connectivity index (χ3n) is 4.01. The topological polar surface area (TPSA) is 84.5 Å². The summed E-state index contributed by atoms with van der Waals surface area (Å²) >= 11 is 17.7. The number of rotatable bonds is 6. The van der Waals surface area contributed by atoms with Crippen LogP contribution >= 0.6 is 34.8 Å². The third kappa shape index (κ3) is 5.17. The van der Waals surface area contributed by atoms with Crippen molar-refractivity contribution in [3.05, 3.63) is 81.3 Å². The minimum Gasteiger partial charge on any atom is -0.495 e. The monoisotopic (exact) mass is 484 g/mol. The summed E-state index contributed by atoms with van der Waals surface area (Å²) in [5.41, 5.74) is 0.701. The average Bonchev–Trinajstić information content (AvgIpc) is 2.70. The smallest absolute Gasteiger partial charge is 0.262 e. The summed E-state index contributed by atoms with van der Waals surface area (Å²) in [5, 5.41) is 3.66. The maximum absolute atomic E-state index is 12.8. The lowest BCUT2D eigenvalue weighted by Crippen LogP contribution is -2.16. The van der Waals surface area contributed by atoms with Crippen LogP contribution in [-0.4, -0.2) is 21.4 Å². The zero-order valence-corrected chi connectivity index (χ0v) is 18.5. The maximum atomic E-state index is 12.8. The van der Waals surface area contributed by atoms with Crippen LogP contribution in [0.2, 0.25) is 15.1 Å². The van der Waals surface area contributed by atoms with Crippen molar-refractivity contribution in [3.8, 4) is 5.75 Å². The minimum atomic E-state index is -4.00. The van der Waals surface area contributed by atoms with Gasteiger partial charge in [0.1, 0.15) is 5.75 Å². The zero-order valence-electron chi connectivity index (χ0n) is 15.4. The molecule has 0 aliphatic rings. The summed E-state index contributed by atoms with van der Waals surface area (Å²) in [4.78, 5) is 12.4. The number of carbonyl (C=O) groups excluding carboxylic acids is 1. The molecular formula is C20H15Cl3N2O4S. The molecule has 2 N–H and O–H groups in total. The summed E-state index contributed by atoms with van der Waals surface area (Å²) < 4.78 is 33.3. The first-order valence-corrected chi connectivity index (χ1v) is 11.0. The molecule has 3 rings (SSSR count). The van der Waals surface area contributed by atoms with Crippen LogP contribution < -0.4 is 14.8 Å². The van der Waals surface area contributed by atoms with Crippen molar-refractivity contribution in [2.24, 2.45) is 0 Å². The first-order valence-electron chi connectivity index (χ1n) is 8.42. The molecule has 0 saturated carbocycles. The molecule has 0 saturated heterocycles. The van der Waals surface area contributed by atoms with Crippen LogP contribution in [0.15, 0.2) is 65.6 Å². The maximum Gasteiger partial charge on any atom is 0.262 e. The molecule has 1 amide bonds. The number of amides is 1. The standard InChI is InChI=1S/C20H15Cl3N2O4S/c1-29-19-9-7-15(30(27,28)25-17-8-6-14(22)10-16(17)23)11-18(19)24-20(26)12-2-4-13(21)5-3-12/h2-11,25H,1H3,(H,24,26). The Hall–Kier alpha value is -2.45. The van der Waals surface area contributed by atoms with Crippen molar-refractivity contribution in [1.29, 1.82) is 0 Å². The fourth-order valence-electron chi connectivity index (χ4n) is 2.52. The number of hydrogen-bond acceptors (Lipinski definition) is 4. The number of halogens is 3. The van der Waals surface area contributed by atoms with E-state index in [4.69, 9.17) is 39.5 Å². The van der Waals surface area contributed by atoms with Gasteiger partial charge in [-0.25, -0.2) is 8.42 Å². The van der Waals surface area contributed by atoms with E-state index in [1.54, 1.807) is 24.3 Å². The van der Waals surface area contributed by atoms with Crippen LogP contribution in [0.5, 0.6) is 5.75 Å². The van der Waals surface area contributed by atoms with Crippen molar-refractivity contribution in [1.82, 2.24) is 0 Å². The van der Waals surface area contributed by atoms with E-state index in [9.17, 15) is 13.2 Å². The predicted octanol–water partition coefficient (Wildman–Crippen LogP) is 5.71. The lowest BCUT2D eigenvalue weighted by atomic mass is 10.2. The summed E-state index contributed by atoms with van der Waals surface area (Å²) in [6.45, 7) is 0. The summed E-state index contributed by atoms with van der Waals surface area (Å²) in [6.07, 6.45) is 0.